The number of nitrogens with zero attached hydrogens (tertiary/aromatic N) is 1. The van der Waals surface area contributed by atoms with Crippen molar-refractivity contribution in [3.63, 3.8) is 0 Å². The van der Waals surface area contributed by atoms with Crippen molar-refractivity contribution in [1.29, 1.82) is 0 Å². The Balaban J connectivity index is 3.55. The SMILES string of the molecule is CC(=O)N(F)[C]=O. The largest absolute Gasteiger partial charge is 0.350 e. The van der Waals surface area contributed by atoms with Crippen LogP contribution in [0, 0.1) is 0 Å². The van der Waals surface area contributed by atoms with Crippen LogP contribution in [0.3, 0.4) is 0 Å². The van der Waals surface area contributed by atoms with Crippen LogP contribution in [0.4, 0.5) is 4.48 Å². The maximum absolute atomic E-state index is 11.3. The highest BCUT2D eigenvalue weighted by Crippen LogP contribution is 1.79. The molecular weight excluding hydrogens is 101 g/mol. The number of imide groups is 1. The maximum atomic E-state index is 11.3. The predicted molar refractivity (Wildman–Crippen MR) is 19.3 cm³/mol. The summed E-state index contributed by atoms with van der Waals surface area (Å²) in [6.07, 6.45) is 0.731. The van der Waals surface area contributed by atoms with Crippen LogP contribution in [0.2, 0.25) is 0 Å². The lowest BCUT2D eigenvalue weighted by atomic mass is 10.7. The van der Waals surface area contributed by atoms with Gasteiger partial charge in [-0.1, -0.05) is 4.48 Å². The third-order valence-electron chi connectivity index (χ3n) is 0.357. The van der Waals surface area contributed by atoms with Crippen LogP contribution in [0.25, 0.3) is 0 Å². The molecule has 0 saturated heterocycles. The van der Waals surface area contributed by atoms with Crippen LogP contribution in [0.1, 0.15) is 6.92 Å². The molecule has 0 unspecified atom stereocenters. The molecule has 1 radical (unpaired) electrons. The van der Waals surface area contributed by atoms with Crippen LogP contribution in [0.5, 0.6) is 0 Å². The van der Waals surface area contributed by atoms with Gasteiger partial charge in [-0.15, -0.1) is 5.12 Å². The average molecular weight is 104 g/mol. The van der Waals surface area contributed by atoms with Crippen molar-refractivity contribution in [1.82, 2.24) is 5.12 Å². The summed E-state index contributed by atoms with van der Waals surface area (Å²) >= 11 is 0. The van der Waals surface area contributed by atoms with Crippen molar-refractivity contribution in [2.45, 2.75) is 6.92 Å². The molecule has 39 valence electrons. The molecule has 0 atom stereocenters. The van der Waals surface area contributed by atoms with E-state index < -0.39 is 11.0 Å². The Bertz CT molecular complexity index is 92.9. The number of halogens is 1. The Hall–Kier alpha value is -0.930. The van der Waals surface area contributed by atoms with Crippen LogP contribution in [-0.4, -0.2) is 17.4 Å². The van der Waals surface area contributed by atoms with Crippen molar-refractivity contribution in [2.24, 2.45) is 0 Å². The van der Waals surface area contributed by atoms with Gasteiger partial charge < -0.3 is 0 Å². The minimum absolute atomic E-state index is 0.653. The van der Waals surface area contributed by atoms with Gasteiger partial charge in [0.2, 0.25) is 0 Å². The summed E-state index contributed by atoms with van der Waals surface area (Å²) in [5.41, 5.74) is 0. The van der Waals surface area contributed by atoms with Crippen LogP contribution < -0.4 is 0 Å². The first-order valence-electron chi connectivity index (χ1n) is 1.52. The van der Waals surface area contributed by atoms with E-state index in [1.54, 1.807) is 0 Å². The molecule has 2 amide bonds. The monoisotopic (exact) mass is 104 g/mol. The number of hydrogen-bond donors (Lipinski definition) is 0. The standard InChI is InChI=1S/C3H3FNO2/c1-3(7)5(4)2-6/h1H3. The van der Waals surface area contributed by atoms with Crippen LogP contribution in [0.15, 0.2) is 0 Å². The lowest BCUT2D eigenvalue weighted by Crippen LogP contribution is -2.16. The predicted octanol–water partition coefficient (Wildman–Crippen LogP) is -0.213. The van der Waals surface area contributed by atoms with Gasteiger partial charge in [-0.3, -0.25) is 9.59 Å². The second-order valence-electron chi connectivity index (χ2n) is 0.891. The number of amides is 2. The molecule has 0 fully saturated rings. The molecule has 0 aliphatic rings. The van der Waals surface area contributed by atoms with E-state index in [9.17, 15) is 9.28 Å². The Labute approximate surface area is 39.7 Å². The maximum Gasteiger partial charge on any atom is 0.350 e. The van der Waals surface area contributed by atoms with Crippen molar-refractivity contribution >= 4 is 12.3 Å². The van der Waals surface area contributed by atoms with E-state index in [-0.39, 0.29) is 0 Å². The highest BCUT2D eigenvalue weighted by Gasteiger charge is 2.02. The second kappa shape index (κ2) is 2.28. The summed E-state index contributed by atoms with van der Waals surface area (Å²) in [7, 11) is 0. The van der Waals surface area contributed by atoms with E-state index in [1.165, 1.54) is 0 Å². The topological polar surface area (TPSA) is 37.4 Å². The molecule has 0 rings (SSSR count). The molecule has 4 heteroatoms. The summed E-state index contributed by atoms with van der Waals surface area (Å²) in [5.74, 6) is -0.963. The average Bonchev–Trinajstić information content (AvgIpc) is 1.65. The lowest BCUT2D eigenvalue weighted by molar-refractivity contribution is -0.135. The molecule has 0 aliphatic carbocycles. The molecule has 0 saturated carbocycles. The number of rotatable bonds is 1. The highest BCUT2D eigenvalue weighted by atomic mass is 19.2. The third kappa shape index (κ3) is 1.86. The van der Waals surface area contributed by atoms with E-state index in [4.69, 9.17) is 4.79 Å². The van der Waals surface area contributed by atoms with Crippen LogP contribution >= 0.6 is 0 Å². The first-order valence-corrected chi connectivity index (χ1v) is 1.52. The van der Waals surface area contributed by atoms with Crippen LogP contribution in [-0.2, 0) is 9.59 Å². The summed E-state index contributed by atoms with van der Waals surface area (Å²) in [6, 6.07) is 0. The lowest BCUT2D eigenvalue weighted by Gasteiger charge is -1.91. The Morgan fingerprint density at radius 3 is 2.29 bits per heavy atom. The molecule has 0 aromatic heterocycles. The third-order valence-corrected chi connectivity index (χ3v) is 0.357. The zero-order chi connectivity index (χ0) is 5.86. The molecule has 0 aromatic carbocycles. The molecule has 3 nitrogen and oxygen atoms in total. The molecule has 0 N–H and O–H groups in total. The molecule has 7 heavy (non-hydrogen) atoms. The first-order chi connectivity index (χ1) is 3.18. The normalized spacial score (nSPS) is 7.71. The Kier molecular flexibility index (Phi) is 1.98. The molecule has 0 bridgehead atoms. The van der Waals surface area contributed by atoms with Crippen molar-refractivity contribution in [2.75, 3.05) is 0 Å². The number of hydrogen-bond acceptors (Lipinski definition) is 2. The van der Waals surface area contributed by atoms with Gasteiger partial charge in [0.05, 0.1) is 0 Å². The fraction of sp³-hybridized carbons (Fsp3) is 0.333. The number of carbonyl (C=O) groups excluding carboxylic acids is 2. The zero-order valence-electron chi connectivity index (χ0n) is 3.64. The second-order valence-corrected chi connectivity index (χ2v) is 0.891. The van der Waals surface area contributed by atoms with Crippen molar-refractivity contribution in [3.05, 3.63) is 0 Å². The Morgan fingerprint density at radius 1 is 1.86 bits per heavy atom. The summed E-state index contributed by atoms with van der Waals surface area (Å²) < 4.78 is 11.3. The summed E-state index contributed by atoms with van der Waals surface area (Å²) in [5, 5.41) is -0.653. The fourth-order valence-corrected chi connectivity index (χ4v) is 0.0643. The Morgan fingerprint density at radius 2 is 2.29 bits per heavy atom. The molecule has 0 aromatic rings. The molecular formula is C3H3FNO2. The minimum Gasteiger partial charge on any atom is -0.272 e. The number of carbonyl (C=O) groups is 1. The molecule has 0 aliphatic heterocycles. The zero-order valence-corrected chi connectivity index (χ0v) is 3.64. The van der Waals surface area contributed by atoms with Crippen molar-refractivity contribution < 1.29 is 14.1 Å². The van der Waals surface area contributed by atoms with E-state index in [1.807, 2.05) is 0 Å². The van der Waals surface area contributed by atoms with E-state index in [0.29, 0.717) is 0 Å². The van der Waals surface area contributed by atoms with E-state index in [0.717, 1.165) is 13.3 Å². The van der Waals surface area contributed by atoms with Gasteiger partial charge in [-0.25, -0.2) is 0 Å². The smallest absolute Gasteiger partial charge is 0.272 e. The van der Waals surface area contributed by atoms with Gasteiger partial charge in [0.25, 0.3) is 5.91 Å². The van der Waals surface area contributed by atoms with Crippen molar-refractivity contribution in [3.8, 4) is 0 Å². The molecule has 0 spiro atoms. The summed E-state index contributed by atoms with van der Waals surface area (Å²) in [4.78, 5) is 18.8. The van der Waals surface area contributed by atoms with Gasteiger partial charge in [-0.05, 0) is 0 Å². The van der Waals surface area contributed by atoms with Gasteiger partial charge in [0.15, 0.2) is 0 Å². The van der Waals surface area contributed by atoms with E-state index >= 15 is 0 Å². The minimum atomic E-state index is -0.963. The first kappa shape index (κ1) is 6.07. The fourth-order valence-electron chi connectivity index (χ4n) is 0.0643. The van der Waals surface area contributed by atoms with Gasteiger partial charge in [-0.2, -0.15) is 0 Å². The van der Waals surface area contributed by atoms with Gasteiger partial charge in [0.1, 0.15) is 0 Å². The highest BCUT2D eigenvalue weighted by molar-refractivity contribution is 5.82. The van der Waals surface area contributed by atoms with Gasteiger partial charge >= 0.3 is 6.41 Å². The van der Waals surface area contributed by atoms with E-state index in [2.05, 4.69) is 0 Å². The van der Waals surface area contributed by atoms with Gasteiger partial charge in [0, 0.05) is 6.92 Å². The quantitative estimate of drug-likeness (QED) is 0.341. The summed E-state index contributed by atoms with van der Waals surface area (Å²) in [6.45, 7) is 0.922. The molecule has 0 heterocycles.